The van der Waals surface area contributed by atoms with Crippen molar-refractivity contribution in [2.24, 2.45) is 17.3 Å². The lowest BCUT2D eigenvalue weighted by Gasteiger charge is -2.39. The van der Waals surface area contributed by atoms with Crippen LogP contribution in [0.3, 0.4) is 0 Å². The third kappa shape index (κ3) is 14.2. The average molecular weight is 824 g/mol. The fourth-order valence-corrected chi connectivity index (χ4v) is 7.92. The minimum absolute atomic E-state index is 0.0854. The van der Waals surface area contributed by atoms with Crippen LogP contribution in [0.25, 0.3) is 0 Å². The van der Waals surface area contributed by atoms with E-state index in [0.29, 0.717) is 37.1 Å². The number of carboxylic acids is 1. The Morgan fingerprint density at radius 1 is 1.12 bits per heavy atom. The highest BCUT2D eigenvalue weighted by Gasteiger charge is 2.40. The summed E-state index contributed by atoms with van der Waals surface area (Å²) in [4.78, 5) is 79.7. The summed E-state index contributed by atoms with van der Waals surface area (Å²) in [6.07, 6.45) is 9.42. The number of aliphatic carboxylic acids is 1. The number of benzene rings is 1. The molecule has 0 saturated carbocycles. The van der Waals surface area contributed by atoms with Gasteiger partial charge >= 0.3 is 11.9 Å². The number of carbonyl (C=O) groups is 5. The number of piperidine rings is 1. The van der Waals surface area contributed by atoms with E-state index < -0.39 is 53.4 Å². The van der Waals surface area contributed by atoms with Crippen molar-refractivity contribution in [3.8, 4) is 12.3 Å². The molecule has 13 nitrogen and oxygen atoms in total. The quantitative estimate of drug-likeness (QED) is 0.0516. The molecule has 3 N–H and O–H groups in total. The van der Waals surface area contributed by atoms with Crippen molar-refractivity contribution in [1.82, 2.24) is 25.6 Å². The van der Waals surface area contributed by atoms with Crippen LogP contribution < -0.4 is 10.6 Å². The summed E-state index contributed by atoms with van der Waals surface area (Å²) in [6, 6.07) is 5.45. The molecule has 2 heterocycles. The number of terminal acetylenes is 1. The molecule has 320 valence electrons. The number of aryl methyl sites for hydroxylation is 1. The van der Waals surface area contributed by atoms with E-state index in [4.69, 9.17) is 16.0 Å². The molecule has 0 spiro atoms. The molecule has 2 aromatic rings. The van der Waals surface area contributed by atoms with Gasteiger partial charge in [0.2, 0.25) is 5.91 Å². The number of hydrogen-bond donors (Lipinski definition) is 3. The number of carbonyl (C=O) groups excluding carboxylic acids is 4. The minimum Gasteiger partial charge on any atom is -0.481 e. The number of nitrogens with one attached hydrogen (secondary N) is 2. The molecule has 3 rings (SSSR count). The van der Waals surface area contributed by atoms with Crippen LogP contribution >= 0.6 is 11.3 Å². The zero-order chi connectivity index (χ0) is 43.2. The lowest BCUT2D eigenvalue weighted by molar-refractivity contribution is -0.213. The van der Waals surface area contributed by atoms with Gasteiger partial charge in [-0.25, -0.2) is 10.0 Å². The monoisotopic (exact) mass is 823 g/mol. The number of amides is 3. The Bertz CT molecular complexity index is 1720. The lowest BCUT2D eigenvalue weighted by atomic mass is 9.84. The van der Waals surface area contributed by atoms with Gasteiger partial charge in [0, 0.05) is 31.2 Å². The molecule has 0 radical (unpaired) electrons. The topological polar surface area (TPSA) is 167 Å². The molecule has 1 aromatic heterocycles. The summed E-state index contributed by atoms with van der Waals surface area (Å²) < 4.78 is 5.85. The molecule has 0 unspecified atom stereocenters. The first-order valence-electron chi connectivity index (χ1n) is 20.5. The molecule has 14 heteroatoms. The number of likely N-dealkylation sites (N-methyl/N-ethyl adjacent to an activating group) is 1. The summed E-state index contributed by atoms with van der Waals surface area (Å²) in [7, 11) is 1.92. The van der Waals surface area contributed by atoms with Gasteiger partial charge in [0.25, 0.3) is 11.8 Å². The highest BCUT2D eigenvalue weighted by molar-refractivity contribution is 7.09. The van der Waals surface area contributed by atoms with Gasteiger partial charge in [0.05, 0.1) is 24.1 Å². The average Bonchev–Trinajstić information content (AvgIpc) is 3.67. The summed E-state index contributed by atoms with van der Waals surface area (Å²) in [5.74, 6) is -0.493. The van der Waals surface area contributed by atoms with Crippen molar-refractivity contribution >= 4 is 41.0 Å². The molecule has 6 atom stereocenters. The van der Waals surface area contributed by atoms with Crippen molar-refractivity contribution in [3.05, 3.63) is 51.5 Å². The maximum absolute atomic E-state index is 14.7. The molecular formula is C44H65N5O8S. The van der Waals surface area contributed by atoms with Gasteiger partial charge in [-0.2, -0.15) is 0 Å². The Labute approximate surface area is 349 Å². The summed E-state index contributed by atoms with van der Waals surface area (Å²) >= 11 is 1.14. The van der Waals surface area contributed by atoms with Crippen molar-refractivity contribution in [2.75, 3.05) is 20.2 Å². The number of aromatic nitrogens is 1. The summed E-state index contributed by atoms with van der Waals surface area (Å²) in [5.41, 5.74) is 1.01. The Morgan fingerprint density at radius 3 is 2.40 bits per heavy atom. The number of unbranched alkanes of at least 4 members (excludes halogenated alkanes) is 1. The zero-order valence-electron chi connectivity index (χ0n) is 35.8. The number of esters is 1. The molecule has 1 saturated heterocycles. The Kier molecular flexibility index (Phi) is 18.8. The van der Waals surface area contributed by atoms with Gasteiger partial charge in [0.1, 0.15) is 16.7 Å². The van der Waals surface area contributed by atoms with E-state index >= 15 is 0 Å². The van der Waals surface area contributed by atoms with Gasteiger partial charge < -0.3 is 20.5 Å². The van der Waals surface area contributed by atoms with E-state index in [1.54, 1.807) is 19.2 Å². The largest absolute Gasteiger partial charge is 0.481 e. The Hall–Kier alpha value is -4.32. The van der Waals surface area contributed by atoms with Gasteiger partial charge in [-0.15, -0.1) is 23.7 Å². The van der Waals surface area contributed by atoms with E-state index in [2.05, 4.69) is 21.5 Å². The first-order valence-corrected chi connectivity index (χ1v) is 21.4. The minimum atomic E-state index is -1.11. The second-order valence-corrected chi connectivity index (χ2v) is 17.5. The molecule has 0 bridgehead atoms. The zero-order valence-corrected chi connectivity index (χ0v) is 36.7. The van der Waals surface area contributed by atoms with E-state index in [-0.39, 0.29) is 48.9 Å². The van der Waals surface area contributed by atoms with Gasteiger partial charge in [-0.3, -0.25) is 33.7 Å². The van der Waals surface area contributed by atoms with E-state index in [1.807, 2.05) is 70.8 Å². The maximum Gasteiger partial charge on any atom is 0.309 e. The Morgan fingerprint density at radius 2 is 1.81 bits per heavy atom. The number of rotatable bonds is 22. The van der Waals surface area contributed by atoms with Crippen LogP contribution in [0.15, 0.2) is 29.6 Å². The number of nitrogens with zero attached hydrogens (tertiary/aromatic N) is 3. The van der Waals surface area contributed by atoms with Crippen molar-refractivity contribution in [3.63, 3.8) is 0 Å². The Balaban J connectivity index is 1.94. The number of hydroxylamine groups is 2. The second kappa shape index (κ2) is 22.7. The van der Waals surface area contributed by atoms with E-state index in [1.165, 1.54) is 12.0 Å². The number of hydrogen-bond acceptors (Lipinski definition) is 10. The molecule has 1 aliphatic heterocycles. The number of carboxylic acid groups (broad SMARTS) is 1. The second-order valence-electron chi connectivity index (χ2n) is 16.6. The number of ether oxygens (including phenoxy) is 1. The predicted molar refractivity (Wildman–Crippen MR) is 225 cm³/mol. The predicted octanol–water partition coefficient (Wildman–Crippen LogP) is 6.50. The molecule has 3 amide bonds. The highest BCUT2D eigenvalue weighted by Crippen LogP contribution is 2.32. The van der Waals surface area contributed by atoms with E-state index in [0.717, 1.165) is 41.9 Å². The van der Waals surface area contributed by atoms with Crippen molar-refractivity contribution < 1.29 is 38.7 Å². The first-order chi connectivity index (χ1) is 27.4. The van der Waals surface area contributed by atoms with Crippen LogP contribution in [0.4, 0.5) is 0 Å². The fourth-order valence-electron chi connectivity index (χ4n) is 7.08. The fraction of sp³-hybridized carbons (Fsp3) is 0.636. The maximum atomic E-state index is 14.7. The number of likely N-dealkylation sites (tertiary alicyclic amines) is 1. The highest BCUT2D eigenvalue weighted by atomic mass is 32.1. The molecule has 1 aromatic carbocycles. The lowest BCUT2D eigenvalue weighted by Crippen LogP contribution is -2.58. The van der Waals surface area contributed by atoms with Crippen LogP contribution in [0.5, 0.6) is 0 Å². The molecule has 58 heavy (non-hydrogen) atoms. The smallest absolute Gasteiger partial charge is 0.309 e. The normalized spacial score (nSPS) is 17.3. The third-order valence-electron chi connectivity index (χ3n) is 10.9. The van der Waals surface area contributed by atoms with Crippen molar-refractivity contribution in [2.45, 2.75) is 143 Å². The van der Waals surface area contributed by atoms with E-state index in [9.17, 15) is 29.1 Å². The van der Waals surface area contributed by atoms with Crippen molar-refractivity contribution in [1.29, 1.82) is 0 Å². The SMILES string of the molecule is C#CCCCON(C(=O)[C@@H](NC(=O)[C@H]1CCCCN1C)[C@@H](C)CC)[C@H](C[C@@H](OC(C)=O)c1nc(C(=O)N[C@@H](Cc2ccc(C)cc2)CC(C)(C)C(=O)O)cs1)C(C)C. The first kappa shape index (κ1) is 48.1. The molecular weight excluding hydrogens is 759 g/mol. The van der Waals surface area contributed by atoms with Crippen LogP contribution in [0.2, 0.25) is 0 Å². The van der Waals surface area contributed by atoms with Crippen LogP contribution in [0, 0.1) is 36.5 Å². The van der Waals surface area contributed by atoms with Gasteiger partial charge in [-0.05, 0) is 83.9 Å². The van der Waals surface area contributed by atoms with Crippen LogP contribution in [-0.4, -0.2) is 94.1 Å². The molecule has 1 aliphatic rings. The standard InChI is InChI=1S/C44H65N5O8S/c1-11-13-16-23-56-49(42(53)38(30(6)12-2)47-40(52)35-17-14-15-22-48(35)10)36(28(3)4)25-37(57-31(7)50)41-46-34(27-58-41)39(51)45-33(26-44(8,9)43(54)55)24-32-20-18-29(5)19-21-32/h1,18-21,27-28,30,33,35-38H,12-17,22-26H2,2-10H3,(H,45,51)(H,47,52)(H,54,55)/t30-,33-,35+,36+,37+,38-/m0/s1. The van der Waals surface area contributed by atoms with Gasteiger partial charge in [0.15, 0.2) is 6.10 Å². The summed E-state index contributed by atoms with van der Waals surface area (Å²) in [6.45, 7) is 15.2. The molecule has 0 aliphatic carbocycles. The van der Waals surface area contributed by atoms with Crippen LogP contribution in [-0.2, 0) is 35.2 Å². The third-order valence-corrected chi connectivity index (χ3v) is 11.8. The number of thiazole rings is 1. The van der Waals surface area contributed by atoms with Crippen LogP contribution in [0.1, 0.15) is 133 Å². The van der Waals surface area contributed by atoms with Gasteiger partial charge in [-0.1, -0.05) is 70.4 Å². The summed E-state index contributed by atoms with van der Waals surface area (Å²) in [5, 5.41) is 19.2. The molecule has 1 fully saturated rings.